The van der Waals surface area contributed by atoms with Crippen molar-refractivity contribution < 1.29 is 19.1 Å². The van der Waals surface area contributed by atoms with Gasteiger partial charge in [0.1, 0.15) is 5.01 Å². The zero-order valence-electron chi connectivity index (χ0n) is 15.5. The highest BCUT2D eigenvalue weighted by atomic mass is 32.1. The number of aromatic nitrogens is 1. The molecule has 7 nitrogen and oxygen atoms in total. The van der Waals surface area contributed by atoms with Gasteiger partial charge in [-0.1, -0.05) is 18.2 Å². The Labute approximate surface area is 160 Å². The molecule has 1 aliphatic heterocycles. The van der Waals surface area contributed by atoms with E-state index in [2.05, 4.69) is 10.1 Å². The number of thiazole rings is 1. The lowest BCUT2D eigenvalue weighted by atomic mass is 10.2. The highest BCUT2D eigenvalue weighted by Gasteiger charge is 2.32. The Kier molecular flexibility index (Phi) is 5.36. The van der Waals surface area contributed by atoms with Gasteiger partial charge < -0.3 is 9.47 Å². The van der Waals surface area contributed by atoms with Crippen LogP contribution in [0.25, 0.3) is 5.57 Å². The van der Waals surface area contributed by atoms with Crippen molar-refractivity contribution in [2.45, 2.75) is 20.8 Å². The van der Waals surface area contributed by atoms with Crippen LogP contribution in [0.1, 0.15) is 39.8 Å². The fourth-order valence-corrected chi connectivity index (χ4v) is 3.55. The van der Waals surface area contributed by atoms with E-state index in [1.54, 1.807) is 20.9 Å². The van der Waals surface area contributed by atoms with E-state index in [4.69, 9.17) is 9.47 Å². The average molecular weight is 385 g/mol. The van der Waals surface area contributed by atoms with E-state index in [9.17, 15) is 9.59 Å². The summed E-state index contributed by atoms with van der Waals surface area (Å²) in [6, 6.07) is 9.37. The minimum Gasteiger partial charge on any atom is -0.462 e. The summed E-state index contributed by atoms with van der Waals surface area (Å²) in [4.78, 5) is 29.3. The molecule has 0 bridgehead atoms. The molecule has 3 rings (SSSR count). The molecule has 0 spiro atoms. The summed E-state index contributed by atoms with van der Waals surface area (Å²) in [6.45, 7) is 5.13. The van der Waals surface area contributed by atoms with Crippen molar-refractivity contribution in [2.75, 3.05) is 13.7 Å². The van der Waals surface area contributed by atoms with Crippen LogP contribution < -0.4 is 0 Å². The number of ketones is 1. The summed E-state index contributed by atoms with van der Waals surface area (Å²) in [6.07, 6.45) is 0. The number of hydrogen-bond acceptors (Lipinski definition) is 8. The Morgan fingerprint density at radius 3 is 2.56 bits per heavy atom. The normalized spacial score (nSPS) is 15.3. The number of carbonyl (C=O) groups is 2. The molecule has 2 heterocycles. The number of benzene rings is 1. The lowest BCUT2D eigenvalue weighted by Crippen LogP contribution is -2.16. The maximum Gasteiger partial charge on any atom is 0.346 e. The number of hydrogen-bond donors (Lipinski definition) is 0. The Balaban J connectivity index is 2.07. The van der Waals surface area contributed by atoms with E-state index in [0.717, 1.165) is 16.9 Å². The molecule has 0 atom stereocenters. The third kappa shape index (κ3) is 3.75. The zero-order chi connectivity index (χ0) is 19.6. The first-order valence-electron chi connectivity index (χ1n) is 8.38. The molecule has 0 amide bonds. The molecule has 0 aliphatic carbocycles. The molecule has 0 saturated carbocycles. The molecule has 0 radical (unpaired) electrons. The number of ether oxygens (including phenoxy) is 2. The number of aryl methyl sites for hydroxylation is 1. The van der Waals surface area contributed by atoms with Crippen molar-refractivity contribution in [3.05, 3.63) is 57.4 Å². The Bertz CT molecular complexity index is 947. The minimum atomic E-state index is -0.576. The molecular formula is C19H19N3O4S. The van der Waals surface area contributed by atoms with Crippen LogP contribution >= 0.6 is 11.3 Å². The van der Waals surface area contributed by atoms with E-state index >= 15 is 0 Å². The summed E-state index contributed by atoms with van der Waals surface area (Å²) in [5.41, 5.74) is 1.49. The topological polar surface area (TPSA) is 81.1 Å². The van der Waals surface area contributed by atoms with Crippen LogP contribution in [0.15, 0.2) is 41.3 Å². The lowest BCUT2D eigenvalue weighted by Gasteiger charge is -2.12. The van der Waals surface area contributed by atoms with E-state index in [0.29, 0.717) is 21.5 Å². The second kappa shape index (κ2) is 7.71. The maximum absolute atomic E-state index is 12.7. The molecule has 2 aromatic rings. The van der Waals surface area contributed by atoms with Crippen molar-refractivity contribution in [3.8, 4) is 0 Å². The highest BCUT2D eigenvalue weighted by molar-refractivity contribution is 7.15. The van der Waals surface area contributed by atoms with E-state index in [-0.39, 0.29) is 23.8 Å². The summed E-state index contributed by atoms with van der Waals surface area (Å²) in [5, 5.41) is 6.20. The second-order valence-electron chi connectivity index (χ2n) is 5.79. The summed E-state index contributed by atoms with van der Waals surface area (Å²) in [7, 11) is 1.68. The Morgan fingerprint density at radius 2 is 1.96 bits per heavy atom. The van der Waals surface area contributed by atoms with Crippen LogP contribution in [0, 0.1) is 6.92 Å². The monoisotopic (exact) mass is 385 g/mol. The van der Waals surface area contributed by atoms with Crippen LogP contribution in [0.2, 0.25) is 0 Å². The van der Waals surface area contributed by atoms with Crippen LogP contribution in [-0.4, -0.2) is 41.3 Å². The third-order valence-electron chi connectivity index (χ3n) is 3.77. The van der Waals surface area contributed by atoms with Gasteiger partial charge in [-0.25, -0.2) is 14.8 Å². The smallest absolute Gasteiger partial charge is 0.346 e. The summed E-state index contributed by atoms with van der Waals surface area (Å²) in [5.74, 6) is -0.0924. The van der Waals surface area contributed by atoms with Crippen molar-refractivity contribution in [1.29, 1.82) is 0 Å². The van der Waals surface area contributed by atoms with Gasteiger partial charge in [-0.3, -0.25) is 4.79 Å². The van der Waals surface area contributed by atoms with E-state index < -0.39 is 5.97 Å². The lowest BCUT2D eigenvalue weighted by molar-refractivity contribution is -0.136. The van der Waals surface area contributed by atoms with Crippen LogP contribution in [0.3, 0.4) is 0 Å². The molecule has 0 unspecified atom stereocenters. The van der Waals surface area contributed by atoms with Gasteiger partial charge in [-0.15, -0.1) is 16.4 Å². The Morgan fingerprint density at radius 1 is 1.26 bits per heavy atom. The first-order valence-corrected chi connectivity index (χ1v) is 9.19. The molecule has 0 N–H and O–H groups in total. The molecule has 0 saturated heterocycles. The molecule has 1 aliphatic rings. The predicted molar refractivity (Wildman–Crippen MR) is 102 cm³/mol. The van der Waals surface area contributed by atoms with Crippen molar-refractivity contribution in [3.63, 3.8) is 0 Å². The molecule has 1 aromatic heterocycles. The SMILES string of the molecule is CCOC(=O)/C(=C1\OC(c2ccccc2)=NN1C)c1nc(C)c(C(C)=O)s1. The fourth-order valence-electron chi connectivity index (χ4n) is 2.57. The minimum absolute atomic E-state index is 0.105. The maximum atomic E-state index is 12.7. The van der Waals surface area contributed by atoms with Crippen LogP contribution in [0.4, 0.5) is 0 Å². The van der Waals surface area contributed by atoms with Gasteiger partial charge >= 0.3 is 5.97 Å². The van der Waals surface area contributed by atoms with Gasteiger partial charge in [0.25, 0.3) is 0 Å². The largest absolute Gasteiger partial charge is 0.462 e. The van der Waals surface area contributed by atoms with Gasteiger partial charge in [0.05, 0.1) is 17.2 Å². The van der Waals surface area contributed by atoms with Gasteiger partial charge in [0.2, 0.25) is 11.8 Å². The summed E-state index contributed by atoms with van der Waals surface area (Å²) < 4.78 is 11.1. The van der Waals surface area contributed by atoms with E-state index in [1.165, 1.54) is 11.9 Å². The first-order chi connectivity index (χ1) is 12.9. The van der Waals surface area contributed by atoms with E-state index in [1.807, 2.05) is 30.3 Å². The number of esters is 1. The van der Waals surface area contributed by atoms with Crippen molar-refractivity contribution in [2.24, 2.45) is 5.10 Å². The fraction of sp³-hybridized carbons (Fsp3) is 0.263. The van der Waals surface area contributed by atoms with Gasteiger partial charge in [-0.05, 0) is 26.0 Å². The summed E-state index contributed by atoms with van der Waals surface area (Å²) >= 11 is 1.14. The molecule has 0 fully saturated rings. The first kappa shape index (κ1) is 18.8. The molecule has 8 heteroatoms. The average Bonchev–Trinajstić information content (AvgIpc) is 3.20. The van der Waals surface area contributed by atoms with Crippen LogP contribution in [-0.2, 0) is 14.3 Å². The standard InChI is InChI=1S/C19H19N3O4S/c1-5-25-19(24)14(17-20-11(2)15(27-17)12(3)23)18-22(4)21-16(26-18)13-9-7-6-8-10-13/h6-10H,5H2,1-4H3/b18-14-. The number of Topliss-reactive ketones (excluding diaryl/α,β-unsaturated/α-hetero) is 1. The predicted octanol–water partition coefficient (Wildman–Crippen LogP) is 3.21. The molecule has 1 aromatic carbocycles. The highest BCUT2D eigenvalue weighted by Crippen LogP contribution is 2.32. The number of carbonyl (C=O) groups excluding carboxylic acids is 2. The molecule has 140 valence electrons. The number of rotatable bonds is 5. The van der Waals surface area contributed by atoms with Crippen LogP contribution in [0.5, 0.6) is 0 Å². The molecular weight excluding hydrogens is 366 g/mol. The van der Waals surface area contributed by atoms with Gasteiger partial charge in [0, 0.05) is 19.5 Å². The quantitative estimate of drug-likeness (QED) is 0.447. The van der Waals surface area contributed by atoms with Gasteiger partial charge in [0.15, 0.2) is 11.4 Å². The van der Waals surface area contributed by atoms with Crippen molar-refractivity contribution >= 4 is 34.6 Å². The molecule has 27 heavy (non-hydrogen) atoms. The van der Waals surface area contributed by atoms with Gasteiger partial charge in [-0.2, -0.15) is 0 Å². The second-order valence-corrected chi connectivity index (χ2v) is 6.79. The Hall–Kier alpha value is -3.00. The third-order valence-corrected chi connectivity index (χ3v) is 5.05. The van der Waals surface area contributed by atoms with Crippen molar-refractivity contribution in [1.82, 2.24) is 9.99 Å². The number of nitrogens with zero attached hydrogens (tertiary/aromatic N) is 3. The zero-order valence-corrected chi connectivity index (χ0v) is 16.3. The number of hydrazone groups is 1.